The van der Waals surface area contributed by atoms with Gasteiger partial charge in [-0.05, 0) is 67.3 Å². The molecule has 3 aromatic rings. The van der Waals surface area contributed by atoms with Crippen molar-refractivity contribution >= 4 is 45.1 Å². The number of sulfonamides is 1. The van der Waals surface area contributed by atoms with Crippen molar-refractivity contribution in [3.8, 4) is 0 Å². The number of benzene rings is 3. The van der Waals surface area contributed by atoms with Crippen LogP contribution in [0.25, 0.3) is 0 Å². The molecule has 0 heterocycles. The molecule has 0 unspecified atom stereocenters. The lowest BCUT2D eigenvalue weighted by Gasteiger charge is -2.20. The monoisotopic (exact) mass is 500 g/mol. The summed E-state index contributed by atoms with van der Waals surface area (Å²) >= 11 is 3.33. The highest BCUT2D eigenvalue weighted by atomic mass is 32.2. The molecular formula is C25H28N2O3S3. The predicted molar refractivity (Wildman–Crippen MR) is 140 cm³/mol. The number of rotatable bonds is 10. The van der Waals surface area contributed by atoms with E-state index in [1.165, 1.54) is 22.5 Å². The van der Waals surface area contributed by atoms with Crippen molar-refractivity contribution < 1.29 is 13.2 Å². The summed E-state index contributed by atoms with van der Waals surface area (Å²) in [5.74, 6) is 1.55. The molecule has 0 atom stereocenters. The zero-order valence-corrected chi connectivity index (χ0v) is 21.4. The molecule has 174 valence electrons. The molecular weight excluding hydrogens is 472 g/mol. The van der Waals surface area contributed by atoms with Gasteiger partial charge in [-0.2, -0.15) is 11.8 Å². The van der Waals surface area contributed by atoms with Gasteiger partial charge in [0.1, 0.15) is 0 Å². The molecule has 0 radical (unpaired) electrons. The van der Waals surface area contributed by atoms with Crippen LogP contribution in [0.4, 0.5) is 5.69 Å². The normalized spacial score (nSPS) is 11.2. The van der Waals surface area contributed by atoms with Gasteiger partial charge in [0.05, 0.1) is 10.6 Å². The Morgan fingerprint density at radius 2 is 1.70 bits per heavy atom. The van der Waals surface area contributed by atoms with Gasteiger partial charge in [-0.25, -0.2) is 8.42 Å². The Morgan fingerprint density at radius 3 is 2.33 bits per heavy atom. The Morgan fingerprint density at radius 1 is 1.00 bits per heavy atom. The Hall–Kier alpha value is -2.42. The molecule has 3 aromatic carbocycles. The molecule has 33 heavy (non-hydrogen) atoms. The fourth-order valence-electron chi connectivity index (χ4n) is 3.20. The molecule has 0 aliphatic heterocycles. The number of nitrogens with one attached hydrogen (secondary N) is 1. The van der Waals surface area contributed by atoms with Crippen molar-refractivity contribution in [3.63, 3.8) is 0 Å². The van der Waals surface area contributed by atoms with Gasteiger partial charge in [-0.15, -0.1) is 11.8 Å². The molecule has 8 heteroatoms. The number of hydrogen-bond acceptors (Lipinski definition) is 5. The first-order valence-electron chi connectivity index (χ1n) is 10.5. The summed E-state index contributed by atoms with van der Waals surface area (Å²) in [4.78, 5) is 13.7. The predicted octanol–water partition coefficient (Wildman–Crippen LogP) is 5.21. The molecule has 0 saturated heterocycles. The van der Waals surface area contributed by atoms with Crippen molar-refractivity contribution in [2.75, 3.05) is 29.9 Å². The molecule has 0 fully saturated rings. The molecule has 0 aliphatic carbocycles. The molecule has 0 saturated carbocycles. The van der Waals surface area contributed by atoms with Gasteiger partial charge < -0.3 is 5.32 Å². The smallest absolute Gasteiger partial charge is 0.264 e. The van der Waals surface area contributed by atoms with Crippen molar-refractivity contribution in [2.45, 2.75) is 22.5 Å². The lowest BCUT2D eigenvalue weighted by atomic mass is 10.2. The van der Waals surface area contributed by atoms with Gasteiger partial charge in [-0.1, -0.05) is 29.8 Å². The average Bonchev–Trinajstić information content (AvgIpc) is 2.83. The van der Waals surface area contributed by atoms with Crippen LogP contribution in [0, 0.1) is 6.92 Å². The quantitative estimate of drug-likeness (QED) is 0.306. The Labute approximate surface area is 205 Å². The van der Waals surface area contributed by atoms with Crippen LogP contribution < -0.4 is 9.62 Å². The summed E-state index contributed by atoms with van der Waals surface area (Å²) in [6.07, 6.45) is 1.94. The van der Waals surface area contributed by atoms with Crippen molar-refractivity contribution in [1.82, 2.24) is 5.32 Å². The van der Waals surface area contributed by atoms with Gasteiger partial charge in [-0.3, -0.25) is 9.10 Å². The summed E-state index contributed by atoms with van der Waals surface area (Å²) in [6, 6.07) is 21.8. The zero-order chi connectivity index (χ0) is 23.8. The highest BCUT2D eigenvalue weighted by Gasteiger charge is 2.21. The highest BCUT2D eigenvalue weighted by Crippen LogP contribution is 2.24. The average molecular weight is 501 g/mol. The fraction of sp³-hybridized carbons (Fsp3) is 0.240. The summed E-state index contributed by atoms with van der Waals surface area (Å²) in [5, 5.41) is 2.92. The summed E-state index contributed by atoms with van der Waals surface area (Å²) in [6.45, 7) is 2.65. The van der Waals surface area contributed by atoms with Gasteiger partial charge in [0.2, 0.25) is 0 Å². The number of hydrogen-bond donors (Lipinski definition) is 1. The second-order valence-corrected chi connectivity index (χ2v) is 11.4. The van der Waals surface area contributed by atoms with E-state index in [0.717, 1.165) is 16.4 Å². The van der Waals surface area contributed by atoms with Crippen LogP contribution in [-0.4, -0.2) is 39.9 Å². The number of carbonyl (C=O) groups excluding carboxylic acids is 1. The highest BCUT2D eigenvalue weighted by molar-refractivity contribution is 7.98. The van der Waals surface area contributed by atoms with Crippen LogP contribution in [0.5, 0.6) is 0 Å². The van der Waals surface area contributed by atoms with E-state index in [4.69, 9.17) is 0 Å². The number of amides is 1. The van der Waals surface area contributed by atoms with E-state index in [0.29, 0.717) is 17.8 Å². The maximum Gasteiger partial charge on any atom is 0.264 e. The van der Waals surface area contributed by atoms with Gasteiger partial charge in [0.15, 0.2) is 0 Å². The third kappa shape index (κ3) is 6.79. The van der Waals surface area contributed by atoms with E-state index in [-0.39, 0.29) is 10.8 Å². The number of aryl methyl sites for hydroxylation is 1. The van der Waals surface area contributed by atoms with E-state index in [1.807, 2.05) is 6.26 Å². The minimum absolute atomic E-state index is 0.170. The molecule has 0 aliphatic rings. The summed E-state index contributed by atoms with van der Waals surface area (Å²) in [5.41, 5.74) is 3.52. The van der Waals surface area contributed by atoms with Crippen LogP contribution in [-0.2, 0) is 15.8 Å². The molecule has 0 bridgehead atoms. The lowest BCUT2D eigenvalue weighted by molar-refractivity contribution is 0.0956. The van der Waals surface area contributed by atoms with Crippen molar-refractivity contribution in [3.05, 3.63) is 89.5 Å². The number of carbonyl (C=O) groups is 1. The zero-order valence-electron chi connectivity index (χ0n) is 18.9. The van der Waals surface area contributed by atoms with Crippen LogP contribution >= 0.6 is 23.5 Å². The molecule has 5 nitrogen and oxygen atoms in total. The van der Waals surface area contributed by atoms with Crippen molar-refractivity contribution in [1.29, 1.82) is 0 Å². The van der Waals surface area contributed by atoms with Crippen molar-refractivity contribution in [2.24, 2.45) is 0 Å². The molecule has 1 amide bonds. The van der Waals surface area contributed by atoms with E-state index in [2.05, 4.69) is 36.5 Å². The first-order valence-corrected chi connectivity index (χ1v) is 14.3. The first kappa shape index (κ1) is 25.2. The minimum atomic E-state index is -3.68. The van der Waals surface area contributed by atoms with Crippen LogP contribution in [0.2, 0.25) is 0 Å². The first-order chi connectivity index (χ1) is 15.8. The van der Waals surface area contributed by atoms with Crippen LogP contribution in [0.3, 0.4) is 0 Å². The Balaban J connectivity index is 1.52. The topological polar surface area (TPSA) is 66.5 Å². The summed E-state index contributed by atoms with van der Waals surface area (Å²) in [7, 11) is -2.16. The van der Waals surface area contributed by atoms with Gasteiger partial charge in [0.25, 0.3) is 15.9 Å². The SMILES string of the molecule is CSc1ccc(S(=O)(=O)N(C)c2ccc(C(=O)NCCSCc3cccc(C)c3)cc2)cc1. The molecule has 1 N–H and O–H groups in total. The standard InChI is InChI=1S/C25H28N2O3S3/c1-19-5-4-6-20(17-19)18-32-16-15-26-25(28)21-7-9-22(10-8-21)27(2)33(29,30)24-13-11-23(31-3)12-14-24/h4-14,17H,15-16,18H2,1-3H3,(H,26,28). The van der Waals surface area contributed by atoms with Gasteiger partial charge in [0, 0.05) is 35.6 Å². The number of thioether (sulfide) groups is 2. The second kappa shape index (κ2) is 11.6. The van der Waals surface area contributed by atoms with E-state index >= 15 is 0 Å². The maximum absolute atomic E-state index is 12.9. The molecule has 0 aromatic heterocycles. The molecule has 3 rings (SSSR count). The third-order valence-corrected chi connectivity index (χ3v) is 8.67. The maximum atomic E-state index is 12.9. The largest absolute Gasteiger partial charge is 0.351 e. The Kier molecular flexibility index (Phi) is 8.88. The summed E-state index contributed by atoms with van der Waals surface area (Å²) < 4.78 is 27.1. The lowest BCUT2D eigenvalue weighted by Crippen LogP contribution is -2.27. The van der Waals surface area contributed by atoms with Crippen LogP contribution in [0.15, 0.2) is 82.6 Å². The molecule has 0 spiro atoms. The van der Waals surface area contributed by atoms with Crippen LogP contribution in [0.1, 0.15) is 21.5 Å². The second-order valence-electron chi connectivity index (χ2n) is 7.49. The fourth-order valence-corrected chi connectivity index (χ4v) is 5.61. The van der Waals surface area contributed by atoms with E-state index in [9.17, 15) is 13.2 Å². The van der Waals surface area contributed by atoms with E-state index < -0.39 is 10.0 Å². The van der Waals surface area contributed by atoms with E-state index in [1.54, 1.807) is 72.1 Å². The Bertz CT molecular complexity index is 1180. The minimum Gasteiger partial charge on any atom is -0.351 e. The van der Waals surface area contributed by atoms with Gasteiger partial charge >= 0.3 is 0 Å². The number of nitrogens with zero attached hydrogens (tertiary/aromatic N) is 1. The number of anilines is 1. The third-order valence-electron chi connectivity index (χ3n) is 5.09.